The number of hydrogen-bond donors (Lipinski definition) is 2. The van der Waals surface area contributed by atoms with Crippen molar-refractivity contribution in [2.45, 2.75) is 69.8 Å². The first-order valence-electron chi connectivity index (χ1n) is 10.3. The monoisotopic (exact) mass is 477 g/mol. The number of rotatable bonds is 14. The van der Waals surface area contributed by atoms with Crippen LogP contribution < -0.4 is 10.4 Å². The Labute approximate surface area is 191 Å². The quantitative estimate of drug-likeness (QED) is 0.286. The average Bonchev–Trinajstić information content (AvgIpc) is 2.96. The van der Waals surface area contributed by atoms with Crippen molar-refractivity contribution in [3.05, 3.63) is 0 Å². The van der Waals surface area contributed by atoms with Gasteiger partial charge < -0.3 is 19.9 Å². The van der Waals surface area contributed by atoms with Crippen molar-refractivity contribution in [1.82, 2.24) is 15.3 Å². The van der Waals surface area contributed by atoms with Gasteiger partial charge in [0.15, 0.2) is 0 Å². The minimum Gasteiger partial charge on any atom is -0.379 e. The maximum atomic E-state index is 12.4. The predicted molar refractivity (Wildman–Crippen MR) is 123 cm³/mol. The maximum absolute atomic E-state index is 12.4. The molecular formula is C20H36N3O6PS. The molecule has 0 aromatic rings. The van der Waals surface area contributed by atoms with Gasteiger partial charge in [0.25, 0.3) is 0 Å². The molecule has 9 nitrogen and oxygen atoms in total. The van der Waals surface area contributed by atoms with Gasteiger partial charge in [-0.05, 0) is 49.9 Å². The number of thioether (sulfide) groups is 1. The number of likely N-dealkylation sites (tertiary alicyclic amines) is 1. The third-order valence-electron chi connectivity index (χ3n) is 5.14. The fourth-order valence-corrected chi connectivity index (χ4v) is 4.00. The van der Waals surface area contributed by atoms with Crippen molar-refractivity contribution in [3.8, 4) is 0 Å². The molecule has 2 atom stereocenters. The molecule has 178 valence electrons. The Kier molecular flexibility index (Phi) is 11.4. The molecule has 1 saturated heterocycles. The van der Waals surface area contributed by atoms with E-state index >= 15 is 0 Å². The van der Waals surface area contributed by atoms with E-state index in [2.05, 4.69) is 19.8 Å². The van der Waals surface area contributed by atoms with Crippen LogP contribution in [0.1, 0.15) is 53.4 Å². The standard InChI is InChI=1S/C20H36N3O6PS/c1-19(2,28-5)8-11-29-20(3,4)7-9-21-15(24)6-10-23-17(26)12-14(18(23)27)31-13-16(25)22-30/h14H,6-13,30H2,1-5H3,(H,21,24)(H,22,25). The van der Waals surface area contributed by atoms with E-state index in [9.17, 15) is 19.2 Å². The Balaban J connectivity index is 2.31. The van der Waals surface area contributed by atoms with E-state index in [0.717, 1.165) is 23.1 Å². The lowest BCUT2D eigenvalue weighted by Crippen LogP contribution is -2.37. The number of hydrogen-bond acceptors (Lipinski definition) is 7. The molecule has 1 fully saturated rings. The van der Waals surface area contributed by atoms with E-state index in [4.69, 9.17) is 9.47 Å². The Morgan fingerprint density at radius 1 is 1.16 bits per heavy atom. The highest BCUT2D eigenvalue weighted by Gasteiger charge is 2.39. The second-order valence-electron chi connectivity index (χ2n) is 8.63. The Hall–Kier alpha value is -1.22. The van der Waals surface area contributed by atoms with Crippen molar-refractivity contribution in [2.75, 3.05) is 32.6 Å². The van der Waals surface area contributed by atoms with Crippen LogP contribution in [-0.2, 0) is 28.7 Å². The zero-order chi connectivity index (χ0) is 23.7. The van der Waals surface area contributed by atoms with E-state index in [1.165, 1.54) is 0 Å². The predicted octanol–water partition coefficient (Wildman–Crippen LogP) is 1.26. The number of ether oxygens (including phenoxy) is 2. The number of carbonyl (C=O) groups excluding carboxylic acids is 4. The summed E-state index contributed by atoms with van der Waals surface area (Å²) < 4.78 is 11.3. The van der Waals surface area contributed by atoms with Gasteiger partial charge in [-0.25, -0.2) is 0 Å². The molecule has 11 heteroatoms. The fraction of sp³-hybridized carbons (Fsp3) is 0.800. The van der Waals surface area contributed by atoms with Gasteiger partial charge in [-0.15, -0.1) is 11.8 Å². The molecule has 1 aliphatic heterocycles. The minimum absolute atomic E-state index is 0.0440. The maximum Gasteiger partial charge on any atom is 0.242 e. The number of carbonyl (C=O) groups is 4. The van der Waals surface area contributed by atoms with Gasteiger partial charge in [-0.3, -0.25) is 24.1 Å². The smallest absolute Gasteiger partial charge is 0.242 e. The van der Waals surface area contributed by atoms with Gasteiger partial charge in [0.1, 0.15) is 0 Å². The van der Waals surface area contributed by atoms with E-state index in [1.807, 2.05) is 27.7 Å². The van der Waals surface area contributed by atoms with Crippen LogP contribution in [0.4, 0.5) is 0 Å². The zero-order valence-electron chi connectivity index (χ0n) is 19.1. The largest absolute Gasteiger partial charge is 0.379 e. The molecule has 1 heterocycles. The van der Waals surface area contributed by atoms with Crippen LogP contribution >= 0.6 is 21.2 Å². The van der Waals surface area contributed by atoms with Gasteiger partial charge in [0.2, 0.25) is 23.6 Å². The van der Waals surface area contributed by atoms with Crippen molar-refractivity contribution in [1.29, 1.82) is 0 Å². The van der Waals surface area contributed by atoms with Gasteiger partial charge in [-0.1, -0.05) is 0 Å². The molecule has 0 aliphatic carbocycles. The van der Waals surface area contributed by atoms with Gasteiger partial charge in [0.05, 0.1) is 28.8 Å². The summed E-state index contributed by atoms with van der Waals surface area (Å²) >= 11 is 1.13. The highest BCUT2D eigenvalue weighted by molar-refractivity contribution is 8.01. The minimum atomic E-state index is -0.570. The molecule has 1 aliphatic rings. The number of nitrogens with zero attached hydrogens (tertiary/aromatic N) is 1. The van der Waals surface area contributed by atoms with E-state index in [0.29, 0.717) is 19.6 Å². The molecule has 0 aromatic carbocycles. The summed E-state index contributed by atoms with van der Waals surface area (Å²) in [7, 11) is 3.77. The highest BCUT2D eigenvalue weighted by Crippen LogP contribution is 2.25. The lowest BCUT2D eigenvalue weighted by molar-refractivity contribution is -0.138. The normalized spacial score (nSPS) is 17.2. The summed E-state index contributed by atoms with van der Waals surface area (Å²) in [6.07, 6.45) is 1.49. The fourth-order valence-electron chi connectivity index (χ4n) is 2.79. The third kappa shape index (κ3) is 10.3. The second-order valence-corrected chi connectivity index (χ2v) is 10.1. The second kappa shape index (κ2) is 12.7. The molecule has 0 bridgehead atoms. The van der Waals surface area contributed by atoms with Gasteiger partial charge >= 0.3 is 0 Å². The molecule has 2 N–H and O–H groups in total. The summed E-state index contributed by atoms with van der Waals surface area (Å²) in [5.74, 6) is -1.01. The zero-order valence-corrected chi connectivity index (χ0v) is 21.1. The molecule has 1 rings (SSSR count). The van der Waals surface area contributed by atoms with E-state index in [-0.39, 0.29) is 54.4 Å². The first-order valence-corrected chi connectivity index (χ1v) is 11.9. The van der Waals surface area contributed by atoms with E-state index < -0.39 is 10.9 Å². The highest BCUT2D eigenvalue weighted by atomic mass is 32.2. The average molecular weight is 478 g/mol. The first-order chi connectivity index (χ1) is 14.4. The summed E-state index contributed by atoms with van der Waals surface area (Å²) in [6, 6.07) is 0. The molecule has 0 aromatic heterocycles. The molecule has 31 heavy (non-hydrogen) atoms. The van der Waals surface area contributed by atoms with Crippen LogP contribution in [0.2, 0.25) is 0 Å². The van der Waals surface area contributed by atoms with Crippen LogP contribution in [0, 0.1) is 0 Å². The molecular weight excluding hydrogens is 441 g/mol. The van der Waals surface area contributed by atoms with Crippen molar-refractivity contribution < 1.29 is 28.7 Å². The van der Waals surface area contributed by atoms with Gasteiger partial charge in [-0.2, -0.15) is 0 Å². The summed E-state index contributed by atoms with van der Waals surface area (Å²) in [5, 5.41) is 4.64. The summed E-state index contributed by atoms with van der Waals surface area (Å²) in [4.78, 5) is 49.0. The van der Waals surface area contributed by atoms with Crippen LogP contribution in [-0.4, -0.2) is 77.5 Å². The van der Waals surface area contributed by atoms with Crippen molar-refractivity contribution in [3.63, 3.8) is 0 Å². The SMILES string of the molecule is COC(C)(C)CCOC(C)(C)CCNC(=O)CCN1C(=O)CC(SCC(=O)NP)C1=O. The topological polar surface area (TPSA) is 114 Å². The molecule has 2 unspecified atom stereocenters. The Morgan fingerprint density at radius 2 is 1.84 bits per heavy atom. The van der Waals surface area contributed by atoms with Crippen LogP contribution in [0.3, 0.4) is 0 Å². The Bertz CT molecular complexity index is 659. The van der Waals surface area contributed by atoms with Gasteiger partial charge in [0, 0.05) is 33.0 Å². The van der Waals surface area contributed by atoms with Crippen molar-refractivity contribution >= 4 is 44.8 Å². The molecule has 0 saturated carbocycles. The molecule has 0 spiro atoms. The Morgan fingerprint density at radius 3 is 2.45 bits per heavy atom. The molecule has 0 radical (unpaired) electrons. The number of nitrogens with one attached hydrogen (secondary N) is 2. The van der Waals surface area contributed by atoms with Crippen LogP contribution in [0.5, 0.6) is 0 Å². The summed E-state index contributed by atoms with van der Waals surface area (Å²) in [5.41, 5.74) is -0.639. The number of methoxy groups -OCH3 is 1. The third-order valence-corrected chi connectivity index (χ3v) is 6.66. The van der Waals surface area contributed by atoms with Crippen molar-refractivity contribution in [2.24, 2.45) is 0 Å². The van der Waals surface area contributed by atoms with Crippen LogP contribution in [0.15, 0.2) is 0 Å². The number of amides is 4. The molecule has 4 amide bonds. The summed E-state index contributed by atoms with van der Waals surface area (Å²) in [6.45, 7) is 8.97. The lowest BCUT2D eigenvalue weighted by Gasteiger charge is -2.29. The van der Waals surface area contributed by atoms with Crippen LogP contribution in [0.25, 0.3) is 0 Å². The number of imide groups is 1. The van der Waals surface area contributed by atoms with E-state index in [1.54, 1.807) is 7.11 Å². The first kappa shape index (κ1) is 27.8. The lowest BCUT2D eigenvalue weighted by atomic mass is 10.0.